The van der Waals surface area contributed by atoms with Crippen LogP contribution in [0.15, 0.2) is 23.8 Å². The summed E-state index contributed by atoms with van der Waals surface area (Å²) < 4.78 is 0. The molecule has 4 heteroatoms. The normalized spacial score (nSPS) is 20.6. The summed E-state index contributed by atoms with van der Waals surface area (Å²) in [7, 11) is 0. The molecule has 0 aliphatic heterocycles. The van der Waals surface area contributed by atoms with Gasteiger partial charge in [0.15, 0.2) is 0 Å². The van der Waals surface area contributed by atoms with Crippen LogP contribution in [0.1, 0.15) is 13.3 Å². The van der Waals surface area contributed by atoms with E-state index in [0.717, 1.165) is 12.0 Å². The maximum absolute atomic E-state index is 8.78. The number of hydrogen-bond acceptors (Lipinski definition) is 2. The molecule has 1 aliphatic rings. The van der Waals surface area contributed by atoms with Gasteiger partial charge in [-0.1, -0.05) is 19.1 Å². The molecular formula is C10H15N3O. The van der Waals surface area contributed by atoms with Gasteiger partial charge in [-0.05, 0) is 12.0 Å². The number of nitrogens with zero attached hydrogens (tertiary/aromatic N) is 2. The SMILES string of the molecule is CCC1=CC(=[N+]=[N-])C(NCCO)C=C1. The van der Waals surface area contributed by atoms with Crippen LogP contribution in [0, 0.1) is 0 Å². The molecule has 0 aromatic heterocycles. The maximum Gasteiger partial charge on any atom is 0.312 e. The second kappa shape index (κ2) is 5.50. The Hall–Kier alpha value is -1.22. The molecule has 76 valence electrons. The first-order valence-corrected chi connectivity index (χ1v) is 4.76. The zero-order chi connectivity index (χ0) is 10.4. The van der Waals surface area contributed by atoms with Crippen LogP contribution in [-0.4, -0.2) is 34.8 Å². The summed E-state index contributed by atoms with van der Waals surface area (Å²) in [5.41, 5.74) is 10.5. The van der Waals surface area contributed by atoms with Crippen molar-refractivity contribution in [3.8, 4) is 0 Å². The molecule has 2 N–H and O–H groups in total. The zero-order valence-electron chi connectivity index (χ0n) is 8.27. The largest absolute Gasteiger partial charge is 0.395 e. The molecule has 0 aromatic carbocycles. The smallest absolute Gasteiger partial charge is 0.312 e. The molecule has 0 bridgehead atoms. The lowest BCUT2D eigenvalue weighted by molar-refractivity contribution is -0.00773. The molecule has 0 radical (unpaired) electrons. The highest BCUT2D eigenvalue weighted by molar-refractivity contribution is 5.98. The molecule has 14 heavy (non-hydrogen) atoms. The molecule has 1 aliphatic carbocycles. The van der Waals surface area contributed by atoms with Gasteiger partial charge in [0.25, 0.3) is 0 Å². The summed E-state index contributed by atoms with van der Waals surface area (Å²) in [6.45, 7) is 2.61. The van der Waals surface area contributed by atoms with Gasteiger partial charge in [0.2, 0.25) is 0 Å². The first kappa shape index (κ1) is 10.9. The van der Waals surface area contributed by atoms with Crippen molar-refractivity contribution in [1.82, 2.24) is 5.32 Å². The van der Waals surface area contributed by atoms with Gasteiger partial charge in [0.1, 0.15) is 6.04 Å². The van der Waals surface area contributed by atoms with Gasteiger partial charge in [-0.2, -0.15) is 4.79 Å². The molecular weight excluding hydrogens is 178 g/mol. The zero-order valence-corrected chi connectivity index (χ0v) is 8.27. The molecule has 0 saturated heterocycles. The molecule has 0 aromatic rings. The van der Waals surface area contributed by atoms with Crippen molar-refractivity contribution in [3.63, 3.8) is 0 Å². The monoisotopic (exact) mass is 193 g/mol. The number of nitrogens with one attached hydrogen (secondary N) is 1. The minimum absolute atomic E-state index is 0.0768. The highest BCUT2D eigenvalue weighted by Crippen LogP contribution is 2.10. The summed E-state index contributed by atoms with van der Waals surface area (Å²) in [6, 6.07) is -0.0950. The number of aliphatic hydroxyl groups is 1. The Balaban J connectivity index is 2.69. The first-order valence-electron chi connectivity index (χ1n) is 4.76. The second-order valence-electron chi connectivity index (χ2n) is 3.11. The van der Waals surface area contributed by atoms with E-state index in [1.54, 1.807) is 0 Å². The highest BCUT2D eigenvalue weighted by Gasteiger charge is 2.21. The van der Waals surface area contributed by atoms with Gasteiger partial charge in [-0.25, -0.2) is 0 Å². The molecule has 0 saturated carbocycles. The first-order chi connectivity index (χ1) is 6.81. The predicted octanol–water partition coefficient (Wildman–Crippen LogP) is 0.514. The Labute approximate surface area is 83.6 Å². The molecule has 0 amide bonds. The summed E-state index contributed by atoms with van der Waals surface area (Å²) in [5.74, 6) is 0. The Morgan fingerprint density at radius 3 is 3.00 bits per heavy atom. The van der Waals surface area contributed by atoms with Crippen molar-refractivity contribution in [1.29, 1.82) is 0 Å². The van der Waals surface area contributed by atoms with Gasteiger partial charge in [0.05, 0.1) is 6.61 Å². The lowest BCUT2D eigenvalue weighted by Crippen LogP contribution is -2.37. The fraction of sp³-hybridized carbons (Fsp3) is 0.500. The summed E-state index contributed by atoms with van der Waals surface area (Å²) in [4.78, 5) is 3.22. The van der Waals surface area contributed by atoms with Crippen LogP contribution in [0.25, 0.3) is 5.53 Å². The van der Waals surface area contributed by atoms with E-state index in [1.807, 2.05) is 25.2 Å². The molecule has 0 spiro atoms. The molecule has 1 rings (SSSR count). The second-order valence-corrected chi connectivity index (χ2v) is 3.11. The van der Waals surface area contributed by atoms with Crippen molar-refractivity contribution in [2.24, 2.45) is 0 Å². The molecule has 0 fully saturated rings. The molecule has 1 unspecified atom stereocenters. The van der Waals surface area contributed by atoms with Crippen LogP contribution in [0.5, 0.6) is 0 Å². The van der Waals surface area contributed by atoms with Gasteiger partial charge in [-0.15, -0.1) is 0 Å². The van der Waals surface area contributed by atoms with Gasteiger partial charge < -0.3 is 10.6 Å². The van der Waals surface area contributed by atoms with E-state index >= 15 is 0 Å². The third-order valence-corrected chi connectivity index (χ3v) is 2.15. The summed E-state index contributed by atoms with van der Waals surface area (Å²) in [5, 5.41) is 11.7. The number of hydrogen-bond donors (Lipinski definition) is 2. The van der Waals surface area contributed by atoms with E-state index in [2.05, 4.69) is 10.1 Å². The van der Waals surface area contributed by atoms with Gasteiger partial charge in [0, 0.05) is 12.6 Å². The van der Waals surface area contributed by atoms with Crippen LogP contribution in [0.4, 0.5) is 0 Å². The van der Waals surface area contributed by atoms with Crippen LogP contribution in [-0.2, 0) is 0 Å². The minimum Gasteiger partial charge on any atom is -0.395 e. The highest BCUT2D eigenvalue weighted by atomic mass is 16.3. The quantitative estimate of drug-likeness (QED) is 0.504. The van der Waals surface area contributed by atoms with Crippen LogP contribution in [0.2, 0.25) is 0 Å². The average molecular weight is 193 g/mol. The molecule has 0 heterocycles. The predicted molar refractivity (Wildman–Crippen MR) is 55.0 cm³/mol. The van der Waals surface area contributed by atoms with E-state index in [-0.39, 0.29) is 12.6 Å². The lowest BCUT2D eigenvalue weighted by atomic mass is 9.99. The third-order valence-electron chi connectivity index (χ3n) is 2.15. The molecule has 4 nitrogen and oxygen atoms in total. The van der Waals surface area contributed by atoms with E-state index in [9.17, 15) is 0 Å². The average Bonchev–Trinajstić information content (AvgIpc) is 2.26. The van der Waals surface area contributed by atoms with Crippen molar-refractivity contribution in [2.75, 3.05) is 13.2 Å². The number of aliphatic hydroxyl groups excluding tert-OH is 1. The van der Waals surface area contributed by atoms with Crippen LogP contribution < -0.4 is 5.32 Å². The van der Waals surface area contributed by atoms with Crippen LogP contribution in [0.3, 0.4) is 0 Å². The van der Waals surface area contributed by atoms with E-state index in [1.165, 1.54) is 0 Å². The number of rotatable bonds is 4. The standard InChI is InChI=1S/C10H15N3O/c1-2-8-3-4-9(12-5-6-14)10(7-8)13-11/h3-4,7,9,12,14H,2,5-6H2,1H3. The Morgan fingerprint density at radius 1 is 1.64 bits per heavy atom. The van der Waals surface area contributed by atoms with Crippen molar-refractivity contribution >= 4 is 5.71 Å². The van der Waals surface area contributed by atoms with Gasteiger partial charge >= 0.3 is 5.71 Å². The van der Waals surface area contributed by atoms with Crippen LogP contribution >= 0.6 is 0 Å². The fourth-order valence-corrected chi connectivity index (χ4v) is 1.35. The maximum atomic E-state index is 8.78. The Bertz CT molecular complexity index is 300. The topological polar surface area (TPSA) is 68.7 Å². The fourth-order valence-electron chi connectivity index (χ4n) is 1.35. The van der Waals surface area contributed by atoms with Crippen molar-refractivity contribution in [3.05, 3.63) is 29.3 Å². The van der Waals surface area contributed by atoms with E-state index in [4.69, 9.17) is 10.6 Å². The van der Waals surface area contributed by atoms with Crippen molar-refractivity contribution < 1.29 is 9.90 Å². The van der Waals surface area contributed by atoms with E-state index < -0.39 is 0 Å². The minimum atomic E-state index is -0.0950. The number of allylic oxidation sites excluding steroid dienone is 2. The molecule has 1 atom stereocenters. The summed E-state index contributed by atoms with van der Waals surface area (Å²) >= 11 is 0. The Kier molecular flexibility index (Phi) is 4.26. The van der Waals surface area contributed by atoms with Gasteiger partial charge in [-0.3, -0.25) is 5.32 Å². The Morgan fingerprint density at radius 2 is 2.43 bits per heavy atom. The lowest BCUT2D eigenvalue weighted by Gasteiger charge is -2.12. The third kappa shape index (κ3) is 2.64. The summed E-state index contributed by atoms with van der Waals surface area (Å²) in [6.07, 6.45) is 6.71. The van der Waals surface area contributed by atoms with E-state index in [0.29, 0.717) is 12.3 Å². The van der Waals surface area contributed by atoms with Crippen molar-refractivity contribution in [2.45, 2.75) is 19.4 Å².